The molecule has 2 amide bonds. The zero-order valence-electron chi connectivity index (χ0n) is 18.4. The number of hydrogen-bond acceptors (Lipinski definition) is 5. The van der Waals surface area contributed by atoms with Gasteiger partial charge in [-0.05, 0) is 53.8 Å². The van der Waals surface area contributed by atoms with Crippen LogP contribution >= 0.6 is 11.6 Å². The van der Waals surface area contributed by atoms with Crippen molar-refractivity contribution in [2.45, 2.75) is 31.4 Å². The molecule has 2 atom stereocenters. The molecule has 0 spiro atoms. The summed E-state index contributed by atoms with van der Waals surface area (Å²) in [5.41, 5.74) is 10.4. The molecule has 0 aromatic heterocycles. The predicted octanol–water partition coefficient (Wildman–Crippen LogP) is 2.96. The fraction of sp³-hybridized carbons (Fsp3) is 0.320. The summed E-state index contributed by atoms with van der Waals surface area (Å²) >= 11 is 5.88. The first kappa shape index (κ1) is 22.6. The number of rotatable bonds is 4. The van der Waals surface area contributed by atoms with Gasteiger partial charge in [-0.25, -0.2) is 4.39 Å². The Morgan fingerprint density at radius 2 is 1.97 bits per heavy atom. The SMILES string of the molecule is NC(=O)[C@@H]1c2cccc(C3=CCNCC3)c2CCN1C(=O)[C@H]1CC(c2cccc(Cl)c2F)=NO1. The van der Waals surface area contributed by atoms with E-state index in [0.29, 0.717) is 18.7 Å². The van der Waals surface area contributed by atoms with Crippen molar-refractivity contribution in [3.8, 4) is 0 Å². The number of carbonyl (C=O) groups excluding carboxylic acids is 2. The van der Waals surface area contributed by atoms with Gasteiger partial charge in [-0.3, -0.25) is 9.59 Å². The van der Waals surface area contributed by atoms with Crippen molar-refractivity contribution >= 4 is 34.7 Å². The average molecular weight is 483 g/mol. The molecule has 3 aliphatic heterocycles. The Labute approximate surface area is 201 Å². The summed E-state index contributed by atoms with van der Waals surface area (Å²) in [6.45, 7) is 2.02. The second-order valence-electron chi connectivity index (χ2n) is 8.58. The molecule has 0 saturated carbocycles. The minimum Gasteiger partial charge on any atom is -0.382 e. The van der Waals surface area contributed by atoms with Gasteiger partial charge in [0, 0.05) is 25.1 Å². The molecule has 5 rings (SSSR count). The monoisotopic (exact) mass is 482 g/mol. The summed E-state index contributed by atoms with van der Waals surface area (Å²) in [5, 5.41) is 7.21. The Morgan fingerprint density at radius 3 is 2.74 bits per heavy atom. The van der Waals surface area contributed by atoms with Crippen molar-refractivity contribution < 1.29 is 18.8 Å². The zero-order valence-corrected chi connectivity index (χ0v) is 19.1. The summed E-state index contributed by atoms with van der Waals surface area (Å²) < 4.78 is 14.4. The average Bonchev–Trinajstić information content (AvgIpc) is 3.34. The van der Waals surface area contributed by atoms with Gasteiger partial charge in [-0.1, -0.05) is 47.1 Å². The van der Waals surface area contributed by atoms with Crippen LogP contribution in [0.2, 0.25) is 5.02 Å². The Kier molecular flexibility index (Phi) is 6.10. The van der Waals surface area contributed by atoms with Gasteiger partial charge in [0.1, 0.15) is 6.04 Å². The van der Waals surface area contributed by atoms with Crippen molar-refractivity contribution in [3.05, 3.63) is 75.6 Å². The molecule has 3 N–H and O–H groups in total. The first-order valence-corrected chi connectivity index (χ1v) is 11.6. The first-order valence-electron chi connectivity index (χ1n) is 11.2. The minimum absolute atomic E-state index is 0.0314. The third-order valence-electron chi connectivity index (χ3n) is 6.59. The summed E-state index contributed by atoms with van der Waals surface area (Å²) in [6, 6.07) is 9.50. The highest BCUT2D eigenvalue weighted by molar-refractivity contribution is 6.31. The maximum Gasteiger partial charge on any atom is 0.267 e. The van der Waals surface area contributed by atoms with Crippen LogP contribution in [-0.4, -0.2) is 48.2 Å². The molecule has 0 aliphatic carbocycles. The van der Waals surface area contributed by atoms with E-state index in [1.54, 1.807) is 6.07 Å². The largest absolute Gasteiger partial charge is 0.382 e. The maximum absolute atomic E-state index is 14.4. The molecule has 3 heterocycles. The molecule has 9 heteroatoms. The van der Waals surface area contributed by atoms with Gasteiger partial charge >= 0.3 is 0 Å². The van der Waals surface area contributed by atoms with E-state index in [2.05, 4.69) is 22.6 Å². The smallest absolute Gasteiger partial charge is 0.267 e. The lowest BCUT2D eigenvalue weighted by Gasteiger charge is -2.37. The molecule has 3 aliphatic rings. The van der Waals surface area contributed by atoms with Crippen molar-refractivity contribution in [1.29, 1.82) is 0 Å². The van der Waals surface area contributed by atoms with Gasteiger partial charge in [0.05, 0.1) is 10.7 Å². The third-order valence-corrected chi connectivity index (χ3v) is 6.88. The van der Waals surface area contributed by atoms with Crippen LogP contribution in [0.15, 0.2) is 47.6 Å². The number of nitrogens with two attached hydrogens (primary N) is 1. The van der Waals surface area contributed by atoms with Crippen LogP contribution in [0.5, 0.6) is 0 Å². The third kappa shape index (κ3) is 3.97. The van der Waals surface area contributed by atoms with Crippen LogP contribution in [0.25, 0.3) is 5.57 Å². The van der Waals surface area contributed by atoms with E-state index in [9.17, 15) is 14.0 Å². The van der Waals surface area contributed by atoms with Crippen molar-refractivity contribution in [2.24, 2.45) is 10.9 Å². The molecule has 7 nitrogen and oxygen atoms in total. The topological polar surface area (TPSA) is 97.0 Å². The van der Waals surface area contributed by atoms with Gasteiger partial charge in [-0.2, -0.15) is 0 Å². The van der Waals surface area contributed by atoms with Crippen molar-refractivity contribution in [2.75, 3.05) is 19.6 Å². The molecule has 0 fully saturated rings. The van der Waals surface area contributed by atoms with Crippen LogP contribution in [-0.2, 0) is 20.8 Å². The Bertz CT molecular complexity index is 1230. The van der Waals surface area contributed by atoms with E-state index in [-0.39, 0.29) is 17.0 Å². The normalized spacial score (nSPS) is 21.9. The number of oxime groups is 1. The Balaban J connectivity index is 1.40. The van der Waals surface area contributed by atoms with Crippen molar-refractivity contribution in [3.63, 3.8) is 0 Å². The van der Waals surface area contributed by atoms with Crippen LogP contribution in [0.4, 0.5) is 4.39 Å². The standard InChI is InChI=1S/C25H24ClFN4O3/c26-19-6-2-5-18(22(19)27)20-13-21(34-30-20)25(33)31-12-9-16-15(14-7-10-29-11-8-14)3-1-4-17(16)23(31)24(28)32/h1-7,21,23,29H,8-13H2,(H2,28,32)/t21-,23+/m1/s1. The minimum atomic E-state index is -0.966. The van der Waals surface area contributed by atoms with E-state index in [4.69, 9.17) is 22.2 Å². The highest BCUT2D eigenvalue weighted by Crippen LogP contribution is 2.36. The first-order chi connectivity index (χ1) is 16.5. The van der Waals surface area contributed by atoms with Crippen LogP contribution < -0.4 is 11.1 Å². The molecular formula is C25H24ClFN4O3. The number of nitrogens with one attached hydrogen (secondary N) is 1. The number of fused-ring (bicyclic) bond motifs is 1. The second kappa shape index (κ2) is 9.19. The van der Waals surface area contributed by atoms with E-state index < -0.39 is 29.8 Å². The van der Waals surface area contributed by atoms with Gasteiger partial charge in [0.15, 0.2) is 5.82 Å². The lowest BCUT2D eigenvalue weighted by molar-refractivity contribution is -0.148. The van der Waals surface area contributed by atoms with E-state index in [1.165, 1.54) is 22.6 Å². The number of benzene rings is 2. The Hall–Kier alpha value is -3.23. The number of hydrogen-bond donors (Lipinski definition) is 2. The summed E-state index contributed by atoms with van der Waals surface area (Å²) in [5.74, 6) is -1.62. The highest BCUT2D eigenvalue weighted by Gasteiger charge is 2.41. The quantitative estimate of drug-likeness (QED) is 0.700. The molecular weight excluding hydrogens is 459 g/mol. The fourth-order valence-corrected chi connectivity index (χ4v) is 5.14. The lowest BCUT2D eigenvalue weighted by atomic mass is 9.84. The summed E-state index contributed by atoms with van der Waals surface area (Å²) in [7, 11) is 0. The molecule has 2 aromatic rings. The van der Waals surface area contributed by atoms with Gasteiger partial charge in [-0.15, -0.1) is 0 Å². The van der Waals surface area contributed by atoms with Gasteiger partial charge in [0.2, 0.25) is 12.0 Å². The Morgan fingerprint density at radius 1 is 1.18 bits per heavy atom. The molecule has 0 bridgehead atoms. The molecule has 2 aromatic carbocycles. The number of nitrogens with zero attached hydrogens (tertiary/aromatic N) is 2. The van der Waals surface area contributed by atoms with E-state index >= 15 is 0 Å². The van der Waals surface area contributed by atoms with Crippen LogP contribution in [0, 0.1) is 5.82 Å². The summed E-state index contributed by atoms with van der Waals surface area (Å²) in [6.07, 6.45) is 2.76. The number of carbonyl (C=O) groups is 2. The molecule has 0 unspecified atom stereocenters. The fourth-order valence-electron chi connectivity index (χ4n) is 4.96. The van der Waals surface area contributed by atoms with Crippen molar-refractivity contribution in [1.82, 2.24) is 10.2 Å². The highest BCUT2D eigenvalue weighted by atomic mass is 35.5. The number of amides is 2. The predicted molar refractivity (Wildman–Crippen MR) is 127 cm³/mol. The van der Waals surface area contributed by atoms with E-state index in [1.807, 2.05) is 12.1 Å². The molecule has 176 valence electrons. The van der Waals surface area contributed by atoms with Crippen LogP contribution in [0.1, 0.15) is 41.1 Å². The number of primary amides is 1. The maximum atomic E-state index is 14.4. The molecule has 34 heavy (non-hydrogen) atoms. The summed E-state index contributed by atoms with van der Waals surface area (Å²) in [4.78, 5) is 32.8. The second-order valence-corrected chi connectivity index (χ2v) is 8.99. The molecule has 0 saturated heterocycles. The number of halogens is 2. The zero-order chi connectivity index (χ0) is 23.8. The lowest BCUT2D eigenvalue weighted by Crippen LogP contribution is -2.49. The van der Waals surface area contributed by atoms with Crippen LogP contribution in [0.3, 0.4) is 0 Å². The van der Waals surface area contributed by atoms with E-state index in [0.717, 1.165) is 36.2 Å². The molecule has 0 radical (unpaired) electrons. The van der Waals surface area contributed by atoms with Gasteiger partial charge in [0.25, 0.3) is 5.91 Å². The van der Waals surface area contributed by atoms with Gasteiger partial charge < -0.3 is 20.8 Å².